The third-order valence-electron chi connectivity index (χ3n) is 3.39. The monoisotopic (exact) mass is 254 g/mol. The average Bonchev–Trinajstić information content (AvgIpc) is 2.84. The predicted molar refractivity (Wildman–Crippen MR) is 71.4 cm³/mol. The lowest BCUT2D eigenvalue weighted by atomic mass is 10.1. The molecule has 0 bridgehead atoms. The van der Waals surface area contributed by atoms with Gasteiger partial charge in [-0.1, -0.05) is 13.8 Å². The minimum absolute atomic E-state index is 0.249. The third kappa shape index (κ3) is 3.06. The summed E-state index contributed by atoms with van der Waals surface area (Å²) >= 11 is 1.83. The smallest absolute Gasteiger partial charge is 0.110 e. The van der Waals surface area contributed by atoms with Gasteiger partial charge in [-0.05, 0) is 32.1 Å². The summed E-state index contributed by atoms with van der Waals surface area (Å²) in [5.74, 6) is 0.302. The molecular formula is C13H22N2OS. The molecule has 0 aromatic carbocycles. The first-order chi connectivity index (χ1) is 8.08. The number of aromatic nitrogens is 1. The van der Waals surface area contributed by atoms with Gasteiger partial charge < -0.3 is 10.4 Å². The molecule has 0 aliphatic heterocycles. The Bertz CT molecular complexity index is 354. The lowest BCUT2D eigenvalue weighted by Gasteiger charge is -2.18. The number of aliphatic hydroxyl groups excluding tert-OH is 1. The fourth-order valence-corrected chi connectivity index (χ4v) is 3.20. The zero-order valence-electron chi connectivity index (χ0n) is 10.9. The van der Waals surface area contributed by atoms with Crippen LogP contribution in [0.25, 0.3) is 0 Å². The first kappa shape index (κ1) is 13.0. The SMILES string of the molecule is CC(NCC(O)C(C)C)c1nc2c(s1)CCC2. The molecule has 2 unspecified atom stereocenters. The topological polar surface area (TPSA) is 45.1 Å². The van der Waals surface area contributed by atoms with Gasteiger partial charge in [-0.2, -0.15) is 0 Å². The van der Waals surface area contributed by atoms with Crippen molar-refractivity contribution in [2.75, 3.05) is 6.54 Å². The molecule has 2 N–H and O–H groups in total. The second-order valence-electron chi connectivity index (χ2n) is 5.22. The normalized spacial score (nSPS) is 18.4. The standard InChI is InChI=1S/C13H22N2OS/c1-8(2)11(16)7-14-9(3)13-15-10-5-4-6-12(10)17-13/h8-9,11,14,16H,4-7H2,1-3H3. The van der Waals surface area contributed by atoms with Gasteiger partial charge in [0.25, 0.3) is 0 Å². The molecule has 3 nitrogen and oxygen atoms in total. The molecule has 96 valence electrons. The van der Waals surface area contributed by atoms with Crippen molar-refractivity contribution < 1.29 is 5.11 Å². The molecular weight excluding hydrogens is 232 g/mol. The fraction of sp³-hybridized carbons (Fsp3) is 0.769. The van der Waals surface area contributed by atoms with Gasteiger partial charge in [0.2, 0.25) is 0 Å². The zero-order chi connectivity index (χ0) is 12.4. The van der Waals surface area contributed by atoms with Gasteiger partial charge >= 0.3 is 0 Å². The maximum atomic E-state index is 9.76. The van der Waals surface area contributed by atoms with Crippen molar-refractivity contribution >= 4 is 11.3 Å². The van der Waals surface area contributed by atoms with Gasteiger partial charge in [-0.15, -0.1) is 11.3 Å². The van der Waals surface area contributed by atoms with E-state index in [1.54, 1.807) is 0 Å². The Kier molecular flexibility index (Phi) is 4.17. The molecule has 0 amide bonds. The quantitative estimate of drug-likeness (QED) is 0.847. The molecule has 0 radical (unpaired) electrons. The molecule has 2 atom stereocenters. The maximum absolute atomic E-state index is 9.76. The molecule has 17 heavy (non-hydrogen) atoms. The Hall–Kier alpha value is -0.450. The summed E-state index contributed by atoms with van der Waals surface area (Å²) in [6.45, 7) is 6.84. The summed E-state index contributed by atoms with van der Waals surface area (Å²) in [6, 6.07) is 0.249. The first-order valence-electron chi connectivity index (χ1n) is 6.48. The lowest BCUT2D eigenvalue weighted by molar-refractivity contribution is 0.120. The second kappa shape index (κ2) is 5.46. The number of aryl methyl sites for hydroxylation is 2. The summed E-state index contributed by atoms with van der Waals surface area (Å²) in [5.41, 5.74) is 1.31. The average molecular weight is 254 g/mol. The molecule has 0 spiro atoms. The highest BCUT2D eigenvalue weighted by atomic mass is 32.1. The molecule has 4 heteroatoms. The van der Waals surface area contributed by atoms with Crippen LogP contribution >= 0.6 is 11.3 Å². The van der Waals surface area contributed by atoms with E-state index in [1.165, 1.54) is 28.4 Å². The number of aliphatic hydroxyl groups is 1. The van der Waals surface area contributed by atoms with E-state index in [0.717, 1.165) is 6.42 Å². The van der Waals surface area contributed by atoms with Crippen LogP contribution < -0.4 is 5.32 Å². The number of nitrogens with one attached hydrogen (secondary N) is 1. The predicted octanol–water partition coefficient (Wildman–Crippen LogP) is 2.30. The van der Waals surface area contributed by atoms with Crippen LogP contribution in [-0.2, 0) is 12.8 Å². The van der Waals surface area contributed by atoms with E-state index in [9.17, 15) is 5.11 Å². The molecule has 1 aliphatic rings. The van der Waals surface area contributed by atoms with Crippen LogP contribution in [0.3, 0.4) is 0 Å². The van der Waals surface area contributed by atoms with E-state index in [0.29, 0.717) is 12.5 Å². The van der Waals surface area contributed by atoms with Gasteiger partial charge in [0, 0.05) is 11.4 Å². The van der Waals surface area contributed by atoms with Crippen LogP contribution in [0, 0.1) is 5.92 Å². The van der Waals surface area contributed by atoms with Crippen molar-refractivity contribution in [3.63, 3.8) is 0 Å². The van der Waals surface area contributed by atoms with E-state index < -0.39 is 0 Å². The van der Waals surface area contributed by atoms with E-state index in [2.05, 4.69) is 17.2 Å². The van der Waals surface area contributed by atoms with Gasteiger partial charge in [-0.25, -0.2) is 4.98 Å². The molecule has 1 aromatic rings. The van der Waals surface area contributed by atoms with Gasteiger partial charge in [0.15, 0.2) is 0 Å². The summed E-state index contributed by atoms with van der Waals surface area (Å²) in [7, 11) is 0. The number of thiazole rings is 1. The van der Waals surface area contributed by atoms with Gasteiger partial charge in [0.05, 0.1) is 17.8 Å². The minimum Gasteiger partial charge on any atom is -0.392 e. The summed E-state index contributed by atoms with van der Waals surface area (Å²) in [4.78, 5) is 6.16. The molecule has 1 aliphatic carbocycles. The van der Waals surface area contributed by atoms with Crippen molar-refractivity contribution in [3.8, 4) is 0 Å². The molecule has 0 saturated heterocycles. The van der Waals surface area contributed by atoms with Crippen LogP contribution in [-0.4, -0.2) is 22.7 Å². The van der Waals surface area contributed by atoms with E-state index in [4.69, 9.17) is 0 Å². The lowest BCUT2D eigenvalue weighted by Crippen LogP contribution is -2.32. The Labute approximate surface area is 107 Å². The number of nitrogens with zero attached hydrogens (tertiary/aromatic N) is 1. The van der Waals surface area contributed by atoms with Crippen molar-refractivity contribution in [1.29, 1.82) is 0 Å². The highest BCUT2D eigenvalue weighted by Gasteiger charge is 2.20. The number of rotatable bonds is 5. The summed E-state index contributed by atoms with van der Waals surface area (Å²) < 4.78 is 0. The van der Waals surface area contributed by atoms with Crippen molar-refractivity contribution in [3.05, 3.63) is 15.6 Å². The van der Waals surface area contributed by atoms with E-state index >= 15 is 0 Å². The fourth-order valence-electron chi connectivity index (χ4n) is 2.02. The highest BCUT2D eigenvalue weighted by Crippen LogP contribution is 2.30. The third-order valence-corrected chi connectivity index (χ3v) is 4.73. The number of fused-ring (bicyclic) bond motifs is 1. The Balaban J connectivity index is 1.89. The van der Waals surface area contributed by atoms with Crippen molar-refractivity contribution in [2.24, 2.45) is 5.92 Å². The van der Waals surface area contributed by atoms with Crippen molar-refractivity contribution in [1.82, 2.24) is 10.3 Å². The summed E-state index contributed by atoms with van der Waals surface area (Å²) in [5, 5.41) is 14.3. The zero-order valence-corrected chi connectivity index (χ0v) is 11.7. The molecule has 1 heterocycles. The second-order valence-corrected chi connectivity index (χ2v) is 6.33. The molecule has 2 rings (SSSR count). The van der Waals surface area contributed by atoms with Gasteiger partial charge in [-0.3, -0.25) is 0 Å². The Morgan fingerprint density at radius 2 is 2.12 bits per heavy atom. The Morgan fingerprint density at radius 1 is 1.35 bits per heavy atom. The maximum Gasteiger partial charge on any atom is 0.110 e. The largest absolute Gasteiger partial charge is 0.392 e. The minimum atomic E-state index is -0.274. The van der Waals surface area contributed by atoms with Crippen LogP contribution in [0.4, 0.5) is 0 Å². The molecule has 0 saturated carbocycles. The Morgan fingerprint density at radius 3 is 2.76 bits per heavy atom. The van der Waals surface area contributed by atoms with Gasteiger partial charge in [0.1, 0.15) is 5.01 Å². The number of hydrogen-bond acceptors (Lipinski definition) is 4. The molecule has 0 fully saturated rings. The van der Waals surface area contributed by atoms with Crippen LogP contribution in [0.5, 0.6) is 0 Å². The van der Waals surface area contributed by atoms with Crippen LogP contribution in [0.2, 0.25) is 0 Å². The van der Waals surface area contributed by atoms with Crippen LogP contribution in [0.1, 0.15) is 48.8 Å². The first-order valence-corrected chi connectivity index (χ1v) is 7.29. The molecule has 1 aromatic heterocycles. The van der Waals surface area contributed by atoms with E-state index in [-0.39, 0.29) is 12.1 Å². The van der Waals surface area contributed by atoms with E-state index in [1.807, 2.05) is 25.2 Å². The highest BCUT2D eigenvalue weighted by molar-refractivity contribution is 7.11. The van der Waals surface area contributed by atoms with Crippen LogP contribution in [0.15, 0.2) is 0 Å². The van der Waals surface area contributed by atoms with Crippen molar-refractivity contribution in [2.45, 2.75) is 52.2 Å². The number of hydrogen-bond donors (Lipinski definition) is 2. The summed E-state index contributed by atoms with van der Waals surface area (Å²) in [6.07, 6.45) is 3.34.